The minimum absolute atomic E-state index is 0.153. The van der Waals surface area contributed by atoms with Crippen LogP contribution in [0.15, 0.2) is 24.3 Å². The van der Waals surface area contributed by atoms with Crippen LogP contribution in [0.5, 0.6) is 0 Å². The average Bonchev–Trinajstić information content (AvgIpc) is 2.48. The van der Waals surface area contributed by atoms with Gasteiger partial charge in [-0.25, -0.2) is 4.79 Å². The Balaban J connectivity index is 1.63. The van der Waals surface area contributed by atoms with Gasteiger partial charge in [0.1, 0.15) is 0 Å². The third kappa shape index (κ3) is 5.93. The summed E-state index contributed by atoms with van der Waals surface area (Å²) in [6.45, 7) is 0.310. The molecule has 0 atom stereocenters. The summed E-state index contributed by atoms with van der Waals surface area (Å²) in [5.74, 6) is -0.153. The number of carbonyl (C=O) groups is 2. The molecule has 1 aromatic carbocycles. The molecule has 0 spiro atoms. The van der Waals surface area contributed by atoms with E-state index in [0.29, 0.717) is 17.3 Å². The molecule has 0 saturated heterocycles. The zero-order valence-electron chi connectivity index (χ0n) is 12.5. The van der Waals surface area contributed by atoms with E-state index in [4.69, 9.17) is 11.6 Å². The van der Waals surface area contributed by atoms with E-state index >= 15 is 0 Å². The minimum atomic E-state index is -0.192. The van der Waals surface area contributed by atoms with Gasteiger partial charge in [0.15, 0.2) is 0 Å². The summed E-state index contributed by atoms with van der Waals surface area (Å²) in [5, 5.41) is 8.99. The first-order valence-electron chi connectivity index (χ1n) is 7.73. The number of rotatable bonds is 5. The fourth-order valence-corrected chi connectivity index (χ4v) is 2.75. The molecule has 1 fully saturated rings. The van der Waals surface area contributed by atoms with Gasteiger partial charge < -0.3 is 16.0 Å². The number of carbonyl (C=O) groups excluding carboxylic acids is 2. The summed E-state index contributed by atoms with van der Waals surface area (Å²) < 4.78 is 0. The van der Waals surface area contributed by atoms with Crippen molar-refractivity contribution in [1.29, 1.82) is 0 Å². The van der Waals surface area contributed by atoms with E-state index in [1.165, 1.54) is 19.3 Å². The van der Waals surface area contributed by atoms with Crippen molar-refractivity contribution in [1.82, 2.24) is 10.6 Å². The molecule has 1 saturated carbocycles. The van der Waals surface area contributed by atoms with Crippen molar-refractivity contribution in [2.45, 2.75) is 44.6 Å². The minimum Gasteiger partial charge on any atom is -0.338 e. The van der Waals surface area contributed by atoms with Gasteiger partial charge in [0.25, 0.3) is 0 Å². The van der Waals surface area contributed by atoms with Crippen LogP contribution in [-0.4, -0.2) is 24.5 Å². The highest BCUT2D eigenvalue weighted by Crippen LogP contribution is 2.17. The van der Waals surface area contributed by atoms with Gasteiger partial charge in [-0.15, -0.1) is 0 Å². The highest BCUT2D eigenvalue weighted by molar-refractivity contribution is 6.30. The predicted molar refractivity (Wildman–Crippen MR) is 88.1 cm³/mol. The molecule has 0 aromatic heterocycles. The van der Waals surface area contributed by atoms with E-state index in [1.54, 1.807) is 24.3 Å². The number of amides is 3. The molecule has 5 nitrogen and oxygen atoms in total. The molecule has 0 aliphatic heterocycles. The molecule has 22 heavy (non-hydrogen) atoms. The van der Waals surface area contributed by atoms with Gasteiger partial charge in [0, 0.05) is 29.7 Å². The molecule has 0 radical (unpaired) electrons. The highest BCUT2D eigenvalue weighted by Gasteiger charge is 2.15. The van der Waals surface area contributed by atoms with Gasteiger partial charge in [-0.3, -0.25) is 4.79 Å². The Labute approximate surface area is 135 Å². The van der Waals surface area contributed by atoms with Crippen molar-refractivity contribution < 1.29 is 9.59 Å². The van der Waals surface area contributed by atoms with Gasteiger partial charge in [0.05, 0.1) is 0 Å². The van der Waals surface area contributed by atoms with Crippen molar-refractivity contribution in [3.05, 3.63) is 29.3 Å². The number of anilines is 1. The van der Waals surface area contributed by atoms with Crippen LogP contribution in [0.4, 0.5) is 10.5 Å². The van der Waals surface area contributed by atoms with Crippen LogP contribution in [0.1, 0.15) is 38.5 Å². The third-order valence-corrected chi connectivity index (χ3v) is 3.92. The Kier molecular flexibility index (Phi) is 6.52. The number of hydrogen-bond donors (Lipinski definition) is 3. The van der Waals surface area contributed by atoms with Crippen LogP contribution in [-0.2, 0) is 4.79 Å². The second-order valence-corrected chi connectivity index (χ2v) is 5.98. The van der Waals surface area contributed by atoms with Gasteiger partial charge in [-0.05, 0) is 31.0 Å². The largest absolute Gasteiger partial charge is 0.338 e. The van der Waals surface area contributed by atoms with Gasteiger partial charge in [-0.1, -0.05) is 36.9 Å². The molecule has 1 aliphatic rings. The van der Waals surface area contributed by atoms with E-state index in [0.717, 1.165) is 12.8 Å². The monoisotopic (exact) mass is 323 g/mol. The number of urea groups is 1. The van der Waals surface area contributed by atoms with Crippen LogP contribution in [0.3, 0.4) is 0 Å². The van der Waals surface area contributed by atoms with Crippen molar-refractivity contribution in [2.24, 2.45) is 0 Å². The van der Waals surface area contributed by atoms with Crippen molar-refractivity contribution in [3.8, 4) is 0 Å². The summed E-state index contributed by atoms with van der Waals surface area (Å²) in [6.07, 6.45) is 5.92. The number of halogens is 1. The molecule has 1 aliphatic carbocycles. The second kappa shape index (κ2) is 8.63. The summed E-state index contributed by atoms with van der Waals surface area (Å²) in [4.78, 5) is 23.5. The fraction of sp³-hybridized carbons (Fsp3) is 0.500. The molecule has 120 valence electrons. The van der Waals surface area contributed by atoms with Crippen LogP contribution >= 0.6 is 11.6 Å². The molecule has 0 bridgehead atoms. The van der Waals surface area contributed by atoms with Crippen LogP contribution in [0.2, 0.25) is 5.02 Å². The van der Waals surface area contributed by atoms with Gasteiger partial charge in [0.2, 0.25) is 5.91 Å². The molecular formula is C16H22ClN3O2. The maximum Gasteiger partial charge on any atom is 0.315 e. The first kappa shape index (κ1) is 16.6. The second-order valence-electron chi connectivity index (χ2n) is 5.54. The van der Waals surface area contributed by atoms with Crippen molar-refractivity contribution in [2.75, 3.05) is 11.9 Å². The summed E-state index contributed by atoms with van der Waals surface area (Å²) in [7, 11) is 0. The zero-order chi connectivity index (χ0) is 15.8. The lowest BCUT2D eigenvalue weighted by Gasteiger charge is -2.22. The number of hydrogen-bond acceptors (Lipinski definition) is 2. The van der Waals surface area contributed by atoms with Crippen molar-refractivity contribution in [3.63, 3.8) is 0 Å². The lowest BCUT2D eigenvalue weighted by molar-refractivity contribution is -0.116. The summed E-state index contributed by atoms with van der Waals surface area (Å²) >= 11 is 5.85. The molecule has 1 aromatic rings. The maximum atomic E-state index is 11.8. The SMILES string of the molecule is O=C(CCNC(=O)NC1CCCCC1)Nc1cccc(Cl)c1. The molecular weight excluding hydrogens is 302 g/mol. The molecule has 2 rings (SSSR count). The Morgan fingerprint density at radius 3 is 2.68 bits per heavy atom. The van der Waals surface area contributed by atoms with E-state index in [1.807, 2.05) is 0 Å². The van der Waals surface area contributed by atoms with Gasteiger partial charge in [-0.2, -0.15) is 0 Å². The quantitative estimate of drug-likeness (QED) is 0.778. The van der Waals surface area contributed by atoms with Crippen molar-refractivity contribution >= 4 is 29.2 Å². The standard InChI is InChI=1S/C16H22ClN3O2/c17-12-5-4-8-14(11-12)19-15(21)9-10-18-16(22)20-13-6-2-1-3-7-13/h4-5,8,11,13H,1-3,6-7,9-10H2,(H,19,21)(H2,18,20,22). The number of nitrogens with one attached hydrogen (secondary N) is 3. The highest BCUT2D eigenvalue weighted by atomic mass is 35.5. The normalized spacial score (nSPS) is 15.1. The fourth-order valence-electron chi connectivity index (χ4n) is 2.56. The Morgan fingerprint density at radius 2 is 1.95 bits per heavy atom. The van der Waals surface area contributed by atoms with Crippen LogP contribution in [0.25, 0.3) is 0 Å². The lowest BCUT2D eigenvalue weighted by Crippen LogP contribution is -2.43. The summed E-state index contributed by atoms with van der Waals surface area (Å²) in [5.41, 5.74) is 0.657. The third-order valence-electron chi connectivity index (χ3n) is 3.69. The lowest BCUT2D eigenvalue weighted by atomic mass is 9.96. The molecule has 6 heteroatoms. The first-order valence-corrected chi connectivity index (χ1v) is 8.11. The Hall–Kier alpha value is -1.75. The maximum absolute atomic E-state index is 11.8. The Bertz CT molecular complexity index is 516. The average molecular weight is 324 g/mol. The molecule has 0 unspecified atom stereocenters. The molecule has 3 N–H and O–H groups in total. The smallest absolute Gasteiger partial charge is 0.315 e. The van der Waals surface area contributed by atoms with E-state index in [-0.39, 0.29) is 24.4 Å². The van der Waals surface area contributed by atoms with Crippen LogP contribution in [0, 0.1) is 0 Å². The molecule has 0 heterocycles. The zero-order valence-corrected chi connectivity index (χ0v) is 13.3. The van der Waals surface area contributed by atoms with E-state index in [9.17, 15) is 9.59 Å². The van der Waals surface area contributed by atoms with Crippen LogP contribution < -0.4 is 16.0 Å². The Morgan fingerprint density at radius 1 is 1.18 bits per heavy atom. The molecule has 3 amide bonds. The van der Waals surface area contributed by atoms with Gasteiger partial charge >= 0.3 is 6.03 Å². The van der Waals surface area contributed by atoms with E-state index in [2.05, 4.69) is 16.0 Å². The topological polar surface area (TPSA) is 70.2 Å². The van der Waals surface area contributed by atoms with E-state index < -0.39 is 0 Å². The predicted octanol–water partition coefficient (Wildman–Crippen LogP) is 3.30. The summed E-state index contributed by atoms with van der Waals surface area (Å²) in [6, 6.07) is 7.05. The number of benzene rings is 1. The first-order chi connectivity index (χ1) is 10.6.